The number of esters is 1. The first-order valence-corrected chi connectivity index (χ1v) is 7.69. The van der Waals surface area contributed by atoms with Crippen molar-refractivity contribution in [1.82, 2.24) is 9.78 Å². The van der Waals surface area contributed by atoms with Crippen molar-refractivity contribution in [2.75, 3.05) is 13.2 Å². The van der Waals surface area contributed by atoms with Crippen LogP contribution in [0.3, 0.4) is 0 Å². The number of fused-ring (bicyclic) bond motifs is 1. The van der Waals surface area contributed by atoms with Gasteiger partial charge in [-0.2, -0.15) is 5.10 Å². The van der Waals surface area contributed by atoms with Crippen molar-refractivity contribution in [2.24, 2.45) is 0 Å². The van der Waals surface area contributed by atoms with E-state index in [-0.39, 0.29) is 18.4 Å². The third kappa shape index (κ3) is 3.14. The number of para-hydroxylation sites is 1. The first-order valence-electron chi connectivity index (χ1n) is 7.69. The Kier molecular flexibility index (Phi) is 3.91. The molecule has 1 aliphatic heterocycles. The first kappa shape index (κ1) is 15.0. The molecule has 1 atom stereocenters. The quantitative estimate of drug-likeness (QED) is 0.818. The van der Waals surface area contributed by atoms with E-state index in [9.17, 15) is 4.79 Å². The zero-order chi connectivity index (χ0) is 15.7. The van der Waals surface area contributed by atoms with Gasteiger partial charge in [0.25, 0.3) is 0 Å². The molecule has 1 fully saturated rings. The van der Waals surface area contributed by atoms with Gasteiger partial charge in [0, 0.05) is 12.0 Å². The summed E-state index contributed by atoms with van der Waals surface area (Å²) < 4.78 is 12.9. The molecule has 22 heavy (non-hydrogen) atoms. The molecule has 0 bridgehead atoms. The molecule has 3 rings (SSSR count). The van der Waals surface area contributed by atoms with Crippen LogP contribution in [0.2, 0.25) is 0 Å². The highest BCUT2D eigenvalue weighted by Crippen LogP contribution is 2.27. The van der Waals surface area contributed by atoms with E-state index in [4.69, 9.17) is 9.47 Å². The Morgan fingerprint density at radius 2 is 2.27 bits per heavy atom. The average Bonchev–Trinajstić information content (AvgIpc) is 3.05. The highest BCUT2D eigenvalue weighted by molar-refractivity contribution is 5.86. The van der Waals surface area contributed by atoms with Gasteiger partial charge in [0.15, 0.2) is 0 Å². The lowest BCUT2D eigenvalue weighted by Gasteiger charge is -2.20. The van der Waals surface area contributed by atoms with E-state index in [0.29, 0.717) is 6.61 Å². The second-order valence-electron chi connectivity index (χ2n) is 6.72. The van der Waals surface area contributed by atoms with Crippen LogP contribution >= 0.6 is 0 Å². The van der Waals surface area contributed by atoms with Gasteiger partial charge in [0.2, 0.25) is 0 Å². The van der Waals surface area contributed by atoms with E-state index < -0.39 is 5.60 Å². The average molecular weight is 302 g/mol. The molecule has 2 heterocycles. The molecule has 1 saturated heterocycles. The molecule has 2 aromatic rings. The Morgan fingerprint density at radius 1 is 1.45 bits per heavy atom. The van der Waals surface area contributed by atoms with Crippen LogP contribution < -0.4 is 0 Å². The summed E-state index contributed by atoms with van der Waals surface area (Å²) in [6.45, 7) is 7.08. The standard InChI is InChI=1S/C17H22N2O3/c1-17(2,3)22-15(20)9-12-5-4-6-13-10-18-19(16(12)13)14-7-8-21-11-14/h4-6,10,14H,7-9,11H2,1-3H3/t14-/m1/s1. The van der Waals surface area contributed by atoms with Crippen LogP contribution in [-0.4, -0.2) is 34.6 Å². The number of aromatic nitrogens is 2. The van der Waals surface area contributed by atoms with Crippen LogP contribution in [0.5, 0.6) is 0 Å². The number of carbonyl (C=O) groups is 1. The van der Waals surface area contributed by atoms with Crippen LogP contribution in [0.15, 0.2) is 24.4 Å². The van der Waals surface area contributed by atoms with Gasteiger partial charge < -0.3 is 9.47 Å². The Labute approximate surface area is 130 Å². The molecule has 0 amide bonds. The van der Waals surface area contributed by atoms with E-state index >= 15 is 0 Å². The molecule has 0 spiro atoms. The molecular formula is C17H22N2O3. The smallest absolute Gasteiger partial charge is 0.310 e. The summed E-state index contributed by atoms with van der Waals surface area (Å²) in [6.07, 6.45) is 3.07. The lowest BCUT2D eigenvalue weighted by molar-refractivity contribution is -0.153. The topological polar surface area (TPSA) is 53.3 Å². The summed E-state index contributed by atoms with van der Waals surface area (Å²) >= 11 is 0. The van der Waals surface area contributed by atoms with Gasteiger partial charge in [0.1, 0.15) is 5.60 Å². The Bertz CT molecular complexity index is 679. The van der Waals surface area contributed by atoms with Crippen LogP contribution in [-0.2, 0) is 20.7 Å². The van der Waals surface area contributed by atoms with E-state index in [2.05, 4.69) is 5.10 Å². The lowest BCUT2D eigenvalue weighted by atomic mass is 10.1. The van der Waals surface area contributed by atoms with Crippen molar-refractivity contribution in [3.05, 3.63) is 30.0 Å². The van der Waals surface area contributed by atoms with E-state index in [1.807, 2.05) is 49.8 Å². The maximum Gasteiger partial charge on any atom is 0.310 e. The number of ether oxygens (including phenoxy) is 2. The predicted octanol–water partition coefficient (Wildman–Crippen LogP) is 2.88. The van der Waals surface area contributed by atoms with Gasteiger partial charge in [0.05, 0.1) is 30.8 Å². The van der Waals surface area contributed by atoms with Crippen molar-refractivity contribution < 1.29 is 14.3 Å². The molecule has 0 saturated carbocycles. The molecule has 1 aromatic carbocycles. The largest absolute Gasteiger partial charge is 0.460 e. The van der Waals surface area contributed by atoms with Crippen LogP contribution in [0.25, 0.3) is 10.9 Å². The molecule has 1 aliphatic rings. The maximum atomic E-state index is 12.1. The van der Waals surface area contributed by atoms with Gasteiger partial charge in [-0.05, 0) is 32.8 Å². The summed E-state index contributed by atoms with van der Waals surface area (Å²) in [5.74, 6) is -0.213. The molecule has 0 radical (unpaired) electrons. The second kappa shape index (κ2) is 5.72. The highest BCUT2D eigenvalue weighted by atomic mass is 16.6. The third-order valence-electron chi connectivity index (χ3n) is 3.71. The normalized spacial score (nSPS) is 18.8. The summed E-state index contributed by atoms with van der Waals surface area (Å²) in [7, 11) is 0. The fourth-order valence-electron chi connectivity index (χ4n) is 2.84. The molecule has 0 aliphatic carbocycles. The van der Waals surface area contributed by atoms with Crippen molar-refractivity contribution in [3.63, 3.8) is 0 Å². The molecule has 0 N–H and O–H groups in total. The highest BCUT2D eigenvalue weighted by Gasteiger charge is 2.23. The Balaban J connectivity index is 1.92. The zero-order valence-electron chi connectivity index (χ0n) is 13.3. The number of carbonyl (C=O) groups excluding carboxylic acids is 1. The maximum absolute atomic E-state index is 12.1. The van der Waals surface area contributed by atoms with Gasteiger partial charge in [-0.3, -0.25) is 9.48 Å². The SMILES string of the molecule is CC(C)(C)OC(=O)Cc1cccc2cnn([C@@H]3CCOC3)c12. The molecule has 0 unspecified atom stereocenters. The second-order valence-corrected chi connectivity index (χ2v) is 6.72. The lowest BCUT2D eigenvalue weighted by Crippen LogP contribution is -2.25. The van der Waals surface area contributed by atoms with Crippen molar-refractivity contribution >= 4 is 16.9 Å². The number of benzene rings is 1. The Hall–Kier alpha value is -1.88. The van der Waals surface area contributed by atoms with Gasteiger partial charge in [-0.25, -0.2) is 0 Å². The summed E-state index contributed by atoms with van der Waals surface area (Å²) in [4.78, 5) is 12.1. The zero-order valence-corrected chi connectivity index (χ0v) is 13.3. The fourth-order valence-corrected chi connectivity index (χ4v) is 2.84. The summed E-state index contributed by atoms with van der Waals surface area (Å²) in [6, 6.07) is 6.20. The summed E-state index contributed by atoms with van der Waals surface area (Å²) in [5.41, 5.74) is 1.50. The van der Waals surface area contributed by atoms with E-state index in [1.165, 1.54) is 0 Å². The minimum atomic E-state index is -0.468. The predicted molar refractivity (Wildman–Crippen MR) is 83.8 cm³/mol. The minimum absolute atomic E-state index is 0.213. The molecule has 5 nitrogen and oxygen atoms in total. The number of nitrogens with zero attached hydrogens (tertiary/aromatic N) is 2. The van der Waals surface area contributed by atoms with Crippen molar-refractivity contribution in [1.29, 1.82) is 0 Å². The van der Waals surface area contributed by atoms with Crippen molar-refractivity contribution in [3.8, 4) is 0 Å². The molecule has 1 aromatic heterocycles. The van der Waals surface area contributed by atoms with Crippen LogP contribution in [0, 0.1) is 0 Å². The number of hydrogen-bond donors (Lipinski definition) is 0. The fraction of sp³-hybridized carbons (Fsp3) is 0.529. The van der Waals surface area contributed by atoms with Crippen molar-refractivity contribution in [2.45, 2.75) is 45.3 Å². The van der Waals surface area contributed by atoms with Gasteiger partial charge >= 0.3 is 5.97 Å². The minimum Gasteiger partial charge on any atom is -0.460 e. The monoisotopic (exact) mass is 302 g/mol. The summed E-state index contributed by atoms with van der Waals surface area (Å²) in [5, 5.41) is 5.55. The molecule has 118 valence electrons. The number of rotatable bonds is 3. The van der Waals surface area contributed by atoms with E-state index in [0.717, 1.165) is 29.5 Å². The number of hydrogen-bond acceptors (Lipinski definition) is 4. The Morgan fingerprint density at radius 3 is 2.95 bits per heavy atom. The molecule has 5 heteroatoms. The van der Waals surface area contributed by atoms with Crippen LogP contribution in [0.4, 0.5) is 0 Å². The van der Waals surface area contributed by atoms with Crippen LogP contribution in [0.1, 0.15) is 38.8 Å². The van der Waals surface area contributed by atoms with Gasteiger partial charge in [-0.1, -0.05) is 18.2 Å². The first-order chi connectivity index (χ1) is 10.4. The van der Waals surface area contributed by atoms with E-state index in [1.54, 1.807) is 0 Å². The van der Waals surface area contributed by atoms with Gasteiger partial charge in [-0.15, -0.1) is 0 Å². The molecular weight excluding hydrogens is 280 g/mol. The third-order valence-corrected chi connectivity index (χ3v) is 3.71.